The normalized spacial score (nSPS) is 11.5. The Kier molecular flexibility index (Phi) is 4.27. The van der Waals surface area contributed by atoms with E-state index in [4.69, 9.17) is 4.74 Å². The van der Waals surface area contributed by atoms with Gasteiger partial charge in [0.15, 0.2) is 0 Å². The number of hydrogen-bond donors (Lipinski definition) is 1. The van der Waals surface area contributed by atoms with E-state index in [-0.39, 0.29) is 4.90 Å². The Hall–Kier alpha value is -2.44. The van der Waals surface area contributed by atoms with Crippen LogP contribution < -0.4 is 4.72 Å². The minimum absolute atomic E-state index is 0.199. The van der Waals surface area contributed by atoms with Crippen LogP contribution in [0.4, 0.5) is 5.69 Å². The summed E-state index contributed by atoms with van der Waals surface area (Å²) in [5.74, 6) is 0. The molecule has 0 saturated carbocycles. The highest BCUT2D eigenvalue weighted by Gasteiger charge is 2.16. The Balaban J connectivity index is 1.97. The van der Waals surface area contributed by atoms with Gasteiger partial charge in [-0.2, -0.15) is 0 Å². The van der Waals surface area contributed by atoms with Crippen molar-refractivity contribution in [2.24, 2.45) is 0 Å². The van der Waals surface area contributed by atoms with Gasteiger partial charge < -0.3 is 4.74 Å². The van der Waals surface area contributed by atoms with Gasteiger partial charge in [-0.25, -0.2) is 8.42 Å². The molecule has 0 radical (unpaired) electrons. The van der Waals surface area contributed by atoms with Crippen LogP contribution in [0.3, 0.4) is 0 Å². The third-order valence-corrected chi connectivity index (χ3v) is 4.81. The minimum Gasteiger partial charge on any atom is -0.380 e. The summed E-state index contributed by atoms with van der Waals surface area (Å²) in [6, 6.07) is 15.6. The van der Waals surface area contributed by atoms with Crippen molar-refractivity contribution in [2.75, 3.05) is 11.8 Å². The molecule has 1 aromatic heterocycles. The third-order valence-electron chi connectivity index (χ3n) is 3.45. The van der Waals surface area contributed by atoms with Crippen LogP contribution in [0.15, 0.2) is 65.7 Å². The second kappa shape index (κ2) is 6.36. The van der Waals surface area contributed by atoms with E-state index in [1.54, 1.807) is 49.7 Å². The number of aromatic nitrogens is 1. The number of pyridine rings is 1. The summed E-state index contributed by atoms with van der Waals surface area (Å²) < 4.78 is 33.0. The number of para-hydroxylation sites is 1. The van der Waals surface area contributed by atoms with Crippen LogP contribution in [0.5, 0.6) is 0 Å². The summed E-state index contributed by atoms with van der Waals surface area (Å²) >= 11 is 0. The third kappa shape index (κ3) is 3.33. The first kappa shape index (κ1) is 15.5. The highest BCUT2D eigenvalue weighted by atomic mass is 32.2. The Labute approximate surface area is 135 Å². The number of anilines is 1. The van der Waals surface area contributed by atoms with Crippen molar-refractivity contribution in [3.8, 4) is 0 Å². The lowest BCUT2D eigenvalue weighted by molar-refractivity contribution is 0.185. The van der Waals surface area contributed by atoms with E-state index in [1.807, 2.05) is 18.2 Å². The molecule has 118 valence electrons. The van der Waals surface area contributed by atoms with Crippen LogP contribution in [-0.4, -0.2) is 20.5 Å². The van der Waals surface area contributed by atoms with Crippen molar-refractivity contribution in [3.63, 3.8) is 0 Å². The Morgan fingerprint density at radius 2 is 1.91 bits per heavy atom. The average Bonchev–Trinajstić information content (AvgIpc) is 2.56. The first-order valence-electron chi connectivity index (χ1n) is 7.04. The number of methoxy groups -OCH3 is 1. The summed E-state index contributed by atoms with van der Waals surface area (Å²) in [5, 5.41) is 0.778. The van der Waals surface area contributed by atoms with Gasteiger partial charge in [0.05, 0.1) is 22.7 Å². The molecule has 1 heterocycles. The summed E-state index contributed by atoms with van der Waals surface area (Å²) in [5.41, 5.74) is 2.05. The molecule has 3 rings (SSSR count). The van der Waals surface area contributed by atoms with Gasteiger partial charge in [-0.1, -0.05) is 24.3 Å². The molecule has 0 unspecified atom stereocenters. The predicted molar refractivity (Wildman–Crippen MR) is 89.7 cm³/mol. The van der Waals surface area contributed by atoms with E-state index >= 15 is 0 Å². The molecule has 23 heavy (non-hydrogen) atoms. The number of hydrogen-bond acceptors (Lipinski definition) is 4. The van der Waals surface area contributed by atoms with E-state index in [9.17, 15) is 8.42 Å². The topological polar surface area (TPSA) is 68.3 Å². The lowest BCUT2D eigenvalue weighted by Crippen LogP contribution is -2.14. The first-order chi connectivity index (χ1) is 11.1. The second-order valence-corrected chi connectivity index (χ2v) is 6.74. The lowest BCUT2D eigenvalue weighted by Gasteiger charge is -2.12. The molecule has 1 N–H and O–H groups in total. The predicted octanol–water partition coefficient (Wildman–Crippen LogP) is 3.18. The number of nitrogens with zero attached hydrogens (tertiary/aromatic N) is 1. The largest absolute Gasteiger partial charge is 0.380 e. The van der Waals surface area contributed by atoms with Gasteiger partial charge in [-0.3, -0.25) is 9.71 Å². The number of nitrogens with one attached hydrogen (secondary N) is 1. The SMILES string of the molecule is COCc1ccccc1NS(=O)(=O)c1ccc2ncccc2c1. The number of sulfonamides is 1. The maximum atomic E-state index is 12.6. The van der Waals surface area contributed by atoms with Crippen LogP contribution in [0, 0.1) is 0 Å². The quantitative estimate of drug-likeness (QED) is 0.781. The van der Waals surface area contributed by atoms with Crippen molar-refractivity contribution in [2.45, 2.75) is 11.5 Å². The highest BCUT2D eigenvalue weighted by molar-refractivity contribution is 7.92. The highest BCUT2D eigenvalue weighted by Crippen LogP contribution is 2.22. The number of fused-ring (bicyclic) bond motifs is 1. The molecule has 5 nitrogen and oxygen atoms in total. The Morgan fingerprint density at radius 1 is 1.09 bits per heavy atom. The number of ether oxygens (including phenoxy) is 1. The number of benzene rings is 2. The molecule has 0 saturated heterocycles. The zero-order valence-corrected chi connectivity index (χ0v) is 13.4. The van der Waals surface area contributed by atoms with E-state index in [1.165, 1.54) is 0 Å². The van der Waals surface area contributed by atoms with Crippen LogP contribution >= 0.6 is 0 Å². The average molecular weight is 328 g/mol. The monoisotopic (exact) mass is 328 g/mol. The summed E-state index contributed by atoms with van der Waals surface area (Å²) in [6.07, 6.45) is 1.68. The molecule has 0 fully saturated rings. The van der Waals surface area contributed by atoms with Crippen LogP contribution in [0.25, 0.3) is 10.9 Å². The van der Waals surface area contributed by atoms with E-state index in [0.29, 0.717) is 12.3 Å². The fourth-order valence-electron chi connectivity index (χ4n) is 2.33. The number of rotatable bonds is 5. The van der Waals surface area contributed by atoms with Crippen LogP contribution in [-0.2, 0) is 21.4 Å². The van der Waals surface area contributed by atoms with Gasteiger partial charge in [-0.15, -0.1) is 0 Å². The molecule has 0 aliphatic carbocycles. The van der Waals surface area contributed by atoms with Crippen molar-refractivity contribution in [1.29, 1.82) is 0 Å². The molecule has 0 amide bonds. The molecule has 3 aromatic rings. The Bertz CT molecular complexity index is 939. The van der Waals surface area contributed by atoms with Crippen molar-refractivity contribution in [3.05, 3.63) is 66.4 Å². The van der Waals surface area contributed by atoms with E-state index in [0.717, 1.165) is 16.5 Å². The molecule has 0 bridgehead atoms. The van der Waals surface area contributed by atoms with Gasteiger partial charge in [0.25, 0.3) is 10.0 Å². The van der Waals surface area contributed by atoms with Gasteiger partial charge in [-0.05, 0) is 30.3 Å². The Morgan fingerprint density at radius 3 is 2.74 bits per heavy atom. The second-order valence-electron chi connectivity index (χ2n) is 5.05. The van der Waals surface area contributed by atoms with E-state index in [2.05, 4.69) is 9.71 Å². The maximum absolute atomic E-state index is 12.6. The van der Waals surface area contributed by atoms with Crippen molar-refractivity contribution < 1.29 is 13.2 Å². The van der Waals surface area contributed by atoms with Gasteiger partial charge in [0, 0.05) is 24.3 Å². The molecular formula is C17H16N2O3S. The zero-order chi connectivity index (χ0) is 16.3. The molecule has 0 spiro atoms. The standard InChI is InChI=1S/C17H16N2O3S/c1-22-12-14-5-2-3-7-17(14)19-23(20,21)15-8-9-16-13(11-15)6-4-10-18-16/h2-11,19H,12H2,1H3. The fraction of sp³-hybridized carbons (Fsp3) is 0.118. The maximum Gasteiger partial charge on any atom is 0.261 e. The minimum atomic E-state index is -3.68. The molecule has 2 aromatic carbocycles. The van der Waals surface area contributed by atoms with Gasteiger partial charge >= 0.3 is 0 Å². The van der Waals surface area contributed by atoms with E-state index < -0.39 is 10.0 Å². The van der Waals surface area contributed by atoms with Gasteiger partial charge in [0.2, 0.25) is 0 Å². The first-order valence-corrected chi connectivity index (χ1v) is 8.53. The van der Waals surface area contributed by atoms with Crippen molar-refractivity contribution in [1.82, 2.24) is 4.98 Å². The summed E-state index contributed by atoms with van der Waals surface area (Å²) in [4.78, 5) is 4.39. The molecular weight excluding hydrogens is 312 g/mol. The molecule has 0 aliphatic rings. The van der Waals surface area contributed by atoms with Crippen molar-refractivity contribution >= 4 is 26.6 Å². The van der Waals surface area contributed by atoms with Crippen LogP contribution in [0.2, 0.25) is 0 Å². The van der Waals surface area contributed by atoms with Crippen LogP contribution in [0.1, 0.15) is 5.56 Å². The summed E-state index contributed by atoms with van der Waals surface area (Å²) in [6.45, 7) is 0.334. The smallest absolute Gasteiger partial charge is 0.261 e. The molecule has 0 atom stereocenters. The fourth-order valence-corrected chi connectivity index (χ4v) is 3.46. The lowest BCUT2D eigenvalue weighted by atomic mass is 10.2. The zero-order valence-electron chi connectivity index (χ0n) is 12.6. The van der Waals surface area contributed by atoms with Gasteiger partial charge in [0.1, 0.15) is 0 Å². The summed E-state index contributed by atoms with van der Waals surface area (Å²) in [7, 11) is -2.11. The molecule has 6 heteroatoms. The molecule has 0 aliphatic heterocycles.